The molecule has 1 aromatic carbocycles. The number of hydrogen-bond acceptors (Lipinski definition) is 5. The summed E-state index contributed by atoms with van der Waals surface area (Å²) >= 11 is 0. The molecular weight excluding hydrogens is 234 g/mol. The van der Waals surface area contributed by atoms with Gasteiger partial charge in [0.2, 0.25) is 0 Å². The van der Waals surface area contributed by atoms with Gasteiger partial charge in [0.05, 0.1) is 6.61 Å². The first-order valence-electron chi connectivity index (χ1n) is 5.77. The Morgan fingerprint density at radius 3 is 2.39 bits per heavy atom. The van der Waals surface area contributed by atoms with Crippen LogP contribution in [0, 0.1) is 0 Å². The molecule has 5 heteroatoms. The Kier molecular flexibility index (Phi) is 5.70. The van der Waals surface area contributed by atoms with E-state index < -0.39 is 11.9 Å². The molecule has 1 rings (SSSR count). The second-order valence-corrected chi connectivity index (χ2v) is 3.71. The number of carbonyl (C=O) groups excluding carboxylic acids is 2. The average molecular weight is 251 g/mol. The van der Waals surface area contributed by atoms with Gasteiger partial charge in [-0.2, -0.15) is 0 Å². The number of esters is 2. The number of benzene rings is 1. The van der Waals surface area contributed by atoms with Crippen molar-refractivity contribution < 1.29 is 19.1 Å². The second kappa shape index (κ2) is 7.32. The number of hydrogen-bond donors (Lipinski definition) is 1. The normalized spacial score (nSPS) is 9.83. The van der Waals surface area contributed by atoms with Crippen LogP contribution >= 0.6 is 0 Å². The van der Waals surface area contributed by atoms with Gasteiger partial charge in [0.25, 0.3) is 0 Å². The molecule has 0 saturated carbocycles. The Morgan fingerprint density at radius 2 is 1.78 bits per heavy atom. The summed E-state index contributed by atoms with van der Waals surface area (Å²) < 4.78 is 9.40. The first kappa shape index (κ1) is 14.0. The van der Waals surface area contributed by atoms with Crippen molar-refractivity contribution in [1.82, 2.24) is 0 Å². The van der Waals surface area contributed by atoms with Crippen LogP contribution < -0.4 is 5.73 Å². The number of aryl methyl sites for hydroxylation is 1. The van der Waals surface area contributed by atoms with Crippen LogP contribution in [0.4, 0.5) is 5.69 Å². The predicted molar refractivity (Wildman–Crippen MR) is 66.8 cm³/mol. The molecule has 0 atom stereocenters. The first-order valence-corrected chi connectivity index (χ1v) is 5.77. The summed E-state index contributed by atoms with van der Waals surface area (Å²) in [7, 11) is 0. The Balaban J connectivity index is 2.24. The molecule has 0 heterocycles. The van der Waals surface area contributed by atoms with Gasteiger partial charge < -0.3 is 15.2 Å². The molecule has 2 N–H and O–H groups in total. The average Bonchev–Trinajstić information content (AvgIpc) is 2.36. The second-order valence-electron chi connectivity index (χ2n) is 3.71. The summed E-state index contributed by atoms with van der Waals surface area (Å²) in [5, 5.41) is 0. The van der Waals surface area contributed by atoms with Crippen LogP contribution in [0.15, 0.2) is 24.3 Å². The van der Waals surface area contributed by atoms with E-state index in [9.17, 15) is 9.59 Å². The number of rotatable bonds is 6. The van der Waals surface area contributed by atoms with E-state index in [2.05, 4.69) is 4.74 Å². The maximum atomic E-state index is 11.3. The Bertz CT molecular complexity index is 400. The van der Waals surface area contributed by atoms with Crippen LogP contribution in [-0.4, -0.2) is 25.2 Å². The standard InChI is InChI=1S/C13H17NO4/c1-2-17-13(16)9-18-12(15)8-5-10-3-6-11(14)7-4-10/h3-4,6-7H,2,5,8-9,14H2,1H3. The Morgan fingerprint density at radius 1 is 1.11 bits per heavy atom. The number of anilines is 1. The van der Waals surface area contributed by atoms with E-state index in [0.29, 0.717) is 12.1 Å². The molecular formula is C13H17NO4. The molecule has 0 amide bonds. The molecule has 5 nitrogen and oxygen atoms in total. The van der Waals surface area contributed by atoms with Crippen molar-refractivity contribution in [2.24, 2.45) is 0 Å². The van der Waals surface area contributed by atoms with E-state index in [1.54, 1.807) is 19.1 Å². The van der Waals surface area contributed by atoms with Crippen molar-refractivity contribution >= 4 is 17.6 Å². The molecule has 0 aliphatic carbocycles. The van der Waals surface area contributed by atoms with Gasteiger partial charge >= 0.3 is 11.9 Å². The number of nitrogens with two attached hydrogens (primary N) is 1. The molecule has 0 radical (unpaired) electrons. The molecule has 0 fully saturated rings. The third-order valence-electron chi connectivity index (χ3n) is 2.25. The van der Waals surface area contributed by atoms with E-state index in [-0.39, 0.29) is 19.6 Å². The number of carbonyl (C=O) groups is 2. The third kappa shape index (κ3) is 5.34. The van der Waals surface area contributed by atoms with E-state index in [4.69, 9.17) is 10.5 Å². The molecule has 1 aromatic rings. The van der Waals surface area contributed by atoms with Crippen LogP contribution in [0.3, 0.4) is 0 Å². The third-order valence-corrected chi connectivity index (χ3v) is 2.25. The Labute approximate surface area is 106 Å². The zero-order valence-electron chi connectivity index (χ0n) is 10.3. The van der Waals surface area contributed by atoms with Crippen LogP contribution in [0.1, 0.15) is 18.9 Å². The van der Waals surface area contributed by atoms with Crippen LogP contribution in [0.25, 0.3) is 0 Å². The fourth-order valence-electron chi connectivity index (χ4n) is 1.34. The highest BCUT2D eigenvalue weighted by Gasteiger charge is 2.08. The predicted octanol–water partition coefficient (Wildman–Crippen LogP) is 1.31. The minimum atomic E-state index is -0.529. The lowest BCUT2D eigenvalue weighted by Crippen LogP contribution is -2.16. The number of nitrogen functional groups attached to an aromatic ring is 1. The van der Waals surface area contributed by atoms with Crippen molar-refractivity contribution in [1.29, 1.82) is 0 Å². The van der Waals surface area contributed by atoms with E-state index in [1.165, 1.54) is 0 Å². The first-order chi connectivity index (χ1) is 8.61. The zero-order valence-corrected chi connectivity index (χ0v) is 10.3. The highest BCUT2D eigenvalue weighted by molar-refractivity contribution is 5.76. The maximum absolute atomic E-state index is 11.3. The van der Waals surface area contributed by atoms with Crippen LogP contribution in [0.5, 0.6) is 0 Å². The minimum absolute atomic E-state index is 0.226. The molecule has 0 aliphatic heterocycles. The molecule has 0 unspecified atom stereocenters. The minimum Gasteiger partial charge on any atom is -0.463 e. The number of ether oxygens (including phenoxy) is 2. The Hall–Kier alpha value is -2.04. The van der Waals surface area contributed by atoms with Gasteiger partial charge in [0.15, 0.2) is 6.61 Å². The molecule has 98 valence electrons. The molecule has 0 saturated heterocycles. The van der Waals surface area contributed by atoms with Gasteiger partial charge in [-0.15, -0.1) is 0 Å². The highest BCUT2D eigenvalue weighted by atomic mass is 16.6. The van der Waals surface area contributed by atoms with Gasteiger partial charge in [0, 0.05) is 12.1 Å². The summed E-state index contributed by atoms with van der Waals surface area (Å²) in [5.74, 6) is -0.946. The molecule has 0 spiro atoms. The lowest BCUT2D eigenvalue weighted by Gasteiger charge is -2.04. The topological polar surface area (TPSA) is 78.6 Å². The van der Waals surface area contributed by atoms with E-state index in [0.717, 1.165) is 5.56 Å². The van der Waals surface area contributed by atoms with Gasteiger partial charge in [-0.25, -0.2) is 4.79 Å². The van der Waals surface area contributed by atoms with Crippen LogP contribution in [0.2, 0.25) is 0 Å². The highest BCUT2D eigenvalue weighted by Crippen LogP contribution is 2.08. The molecule has 0 aromatic heterocycles. The van der Waals surface area contributed by atoms with Crippen molar-refractivity contribution in [3.8, 4) is 0 Å². The lowest BCUT2D eigenvalue weighted by atomic mass is 10.1. The SMILES string of the molecule is CCOC(=O)COC(=O)CCc1ccc(N)cc1. The lowest BCUT2D eigenvalue weighted by molar-refractivity contribution is -0.158. The quantitative estimate of drug-likeness (QED) is 0.609. The molecule has 0 aliphatic rings. The van der Waals surface area contributed by atoms with Crippen molar-refractivity contribution in [2.75, 3.05) is 18.9 Å². The van der Waals surface area contributed by atoms with Crippen LogP contribution in [-0.2, 0) is 25.5 Å². The van der Waals surface area contributed by atoms with Crippen molar-refractivity contribution in [3.63, 3.8) is 0 Å². The molecule has 0 bridgehead atoms. The summed E-state index contributed by atoms with van der Waals surface area (Å²) in [6.07, 6.45) is 0.783. The van der Waals surface area contributed by atoms with Gasteiger partial charge in [0.1, 0.15) is 0 Å². The fourth-order valence-corrected chi connectivity index (χ4v) is 1.34. The fraction of sp³-hybridized carbons (Fsp3) is 0.385. The van der Waals surface area contributed by atoms with Gasteiger partial charge in [-0.05, 0) is 31.0 Å². The van der Waals surface area contributed by atoms with Gasteiger partial charge in [-0.1, -0.05) is 12.1 Å². The smallest absolute Gasteiger partial charge is 0.344 e. The monoisotopic (exact) mass is 251 g/mol. The largest absolute Gasteiger partial charge is 0.463 e. The van der Waals surface area contributed by atoms with Crippen molar-refractivity contribution in [3.05, 3.63) is 29.8 Å². The summed E-state index contributed by atoms with van der Waals surface area (Å²) in [5.41, 5.74) is 7.23. The summed E-state index contributed by atoms with van der Waals surface area (Å²) in [6.45, 7) is 1.65. The zero-order chi connectivity index (χ0) is 13.4. The summed E-state index contributed by atoms with van der Waals surface area (Å²) in [6, 6.07) is 7.26. The van der Waals surface area contributed by atoms with E-state index >= 15 is 0 Å². The maximum Gasteiger partial charge on any atom is 0.344 e. The van der Waals surface area contributed by atoms with Crippen molar-refractivity contribution in [2.45, 2.75) is 19.8 Å². The van der Waals surface area contributed by atoms with Gasteiger partial charge in [-0.3, -0.25) is 4.79 Å². The molecule has 18 heavy (non-hydrogen) atoms. The van der Waals surface area contributed by atoms with E-state index in [1.807, 2.05) is 12.1 Å². The summed E-state index contributed by atoms with van der Waals surface area (Å²) in [4.78, 5) is 22.3.